The lowest BCUT2D eigenvalue weighted by Crippen LogP contribution is -2.49. The number of hydrogen-bond donors (Lipinski definition) is 3. The molecule has 0 fully saturated rings. The first-order valence-electron chi connectivity index (χ1n) is 17.2. The average molecular weight is 696 g/mol. The first kappa shape index (κ1) is 38.1. The molecule has 3 N–H and O–H groups in total. The quantitative estimate of drug-likeness (QED) is 0.0782. The number of ether oxygens (including phenoxy) is 1. The molecule has 3 amide bonds. The number of carbonyl (C=O) groups excluding carboxylic acids is 3. The van der Waals surface area contributed by atoms with Crippen LogP contribution in [-0.4, -0.2) is 53.1 Å². The summed E-state index contributed by atoms with van der Waals surface area (Å²) >= 11 is 1.15. The lowest BCUT2D eigenvalue weighted by Gasteiger charge is -2.20. The SMILES string of the molecule is CCCCCCCOc1ccc(-c2cnc(-c3ccc(C[C@H](NC(=O)c4ccc(C(C)(C)C)cc4)C(=O)NCC(=O)NSC)cc3)nc2)cc1. The van der Waals surface area contributed by atoms with Crippen LogP contribution in [0.5, 0.6) is 5.75 Å². The standard InChI is InChI=1S/C40H49N5O4S/c1-6-7-8-9-10-23-49-34-21-17-29(18-22-34)32-25-41-37(42-26-32)30-13-11-28(12-14-30)24-35(39(48)43-27-36(46)45-50-5)44-38(47)31-15-19-33(20-16-31)40(2,3)4/h11-22,25-26,35H,6-10,23-24,27H2,1-5H3,(H,43,48)(H,44,47)(H,45,46)/t35-/m0/s1. The van der Waals surface area contributed by atoms with Gasteiger partial charge >= 0.3 is 0 Å². The van der Waals surface area contributed by atoms with Gasteiger partial charge in [0.1, 0.15) is 11.8 Å². The summed E-state index contributed by atoms with van der Waals surface area (Å²) in [6.45, 7) is 9.06. The number of rotatable bonds is 17. The number of amides is 3. The summed E-state index contributed by atoms with van der Waals surface area (Å²) in [7, 11) is 0. The summed E-state index contributed by atoms with van der Waals surface area (Å²) in [5.41, 5.74) is 5.05. The molecule has 1 atom stereocenters. The van der Waals surface area contributed by atoms with Crippen LogP contribution in [0.15, 0.2) is 85.2 Å². The molecule has 0 saturated carbocycles. The molecule has 0 radical (unpaired) electrons. The molecule has 4 aromatic rings. The van der Waals surface area contributed by atoms with E-state index in [0.29, 0.717) is 11.4 Å². The molecular formula is C40H49N5O4S. The van der Waals surface area contributed by atoms with E-state index in [1.54, 1.807) is 30.8 Å². The minimum atomic E-state index is -0.907. The van der Waals surface area contributed by atoms with Crippen molar-refractivity contribution in [2.45, 2.75) is 77.7 Å². The van der Waals surface area contributed by atoms with Crippen molar-refractivity contribution in [3.63, 3.8) is 0 Å². The summed E-state index contributed by atoms with van der Waals surface area (Å²) in [6, 6.07) is 22.0. The second kappa shape index (κ2) is 18.9. The summed E-state index contributed by atoms with van der Waals surface area (Å²) in [6.07, 6.45) is 11.6. The van der Waals surface area contributed by atoms with Crippen LogP contribution < -0.4 is 20.1 Å². The molecule has 0 aliphatic rings. The fraction of sp³-hybridized carbons (Fsp3) is 0.375. The van der Waals surface area contributed by atoms with E-state index in [1.807, 2.05) is 60.7 Å². The second-order valence-corrected chi connectivity index (χ2v) is 13.9. The molecule has 0 spiro atoms. The Morgan fingerprint density at radius 2 is 1.44 bits per heavy atom. The van der Waals surface area contributed by atoms with E-state index in [-0.39, 0.29) is 30.2 Å². The van der Waals surface area contributed by atoms with Gasteiger partial charge in [-0.25, -0.2) is 9.97 Å². The minimum absolute atomic E-state index is 0.0528. The van der Waals surface area contributed by atoms with Gasteiger partial charge < -0.3 is 15.4 Å². The van der Waals surface area contributed by atoms with Crippen molar-refractivity contribution in [1.29, 1.82) is 0 Å². The average Bonchev–Trinajstić information content (AvgIpc) is 3.12. The third kappa shape index (κ3) is 11.7. The number of hydrogen-bond acceptors (Lipinski definition) is 7. The van der Waals surface area contributed by atoms with Gasteiger partial charge in [0.25, 0.3) is 5.91 Å². The van der Waals surface area contributed by atoms with Crippen molar-refractivity contribution in [1.82, 2.24) is 25.3 Å². The van der Waals surface area contributed by atoms with Crippen LogP contribution in [0.4, 0.5) is 0 Å². The zero-order chi connectivity index (χ0) is 35.9. The molecule has 0 aliphatic heterocycles. The fourth-order valence-electron chi connectivity index (χ4n) is 5.30. The Morgan fingerprint density at radius 1 is 0.800 bits per heavy atom. The van der Waals surface area contributed by atoms with Gasteiger partial charge in [-0.2, -0.15) is 0 Å². The van der Waals surface area contributed by atoms with Gasteiger partial charge in [0.05, 0.1) is 13.2 Å². The first-order valence-corrected chi connectivity index (χ1v) is 18.5. The molecule has 1 aromatic heterocycles. The topological polar surface area (TPSA) is 122 Å². The monoisotopic (exact) mass is 695 g/mol. The third-order valence-electron chi connectivity index (χ3n) is 8.28. The van der Waals surface area contributed by atoms with Gasteiger partial charge in [0.15, 0.2) is 5.82 Å². The molecule has 1 heterocycles. The van der Waals surface area contributed by atoms with Crippen molar-refractivity contribution in [2.75, 3.05) is 19.4 Å². The molecular weight excluding hydrogens is 647 g/mol. The number of nitrogens with one attached hydrogen (secondary N) is 3. The van der Waals surface area contributed by atoms with E-state index in [1.165, 1.54) is 25.7 Å². The smallest absolute Gasteiger partial charge is 0.251 e. The maximum atomic E-state index is 13.2. The van der Waals surface area contributed by atoms with E-state index < -0.39 is 11.9 Å². The van der Waals surface area contributed by atoms with Crippen molar-refractivity contribution >= 4 is 29.7 Å². The second-order valence-electron chi connectivity index (χ2n) is 13.3. The minimum Gasteiger partial charge on any atom is -0.494 e. The number of unbranched alkanes of at least 4 members (excludes halogenated alkanes) is 4. The van der Waals surface area contributed by atoms with Crippen LogP contribution in [0.25, 0.3) is 22.5 Å². The first-order chi connectivity index (χ1) is 24.1. The van der Waals surface area contributed by atoms with Gasteiger partial charge in [0.2, 0.25) is 11.8 Å². The molecule has 0 aliphatic carbocycles. The van der Waals surface area contributed by atoms with Gasteiger partial charge in [-0.3, -0.25) is 19.1 Å². The molecule has 50 heavy (non-hydrogen) atoms. The highest BCUT2D eigenvalue weighted by atomic mass is 32.2. The zero-order valence-corrected chi connectivity index (χ0v) is 30.6. The highest BCUT2D eigenvalue weighted by Crippen LogP contribution is 2.24. The van der Waals surface area contributed by atoms with E-state index in [9.17, 15) is 14.4 Å². The molecule has 264 valence electrons. The summed E-state index contributed by atoms with van der Waals surface area (Å²) < 4.78 is 8.48. The molecule has 3 aromatic carbocycles. The summed E-state index contributed by atoms with van der Waals surface area (Å²) in [5.74, 6) is 0.273. The van der Waals surface area contributed by atoms with Crippen LogP contribution in [0.1, 0.15) is 81.3 Å². The third-order valence-corrected chi connectivity index (χ3v) is 8.71. The van der Waals surface area contributed by atoms with E-state index >= 15 is 0 Å². The molecule has 0 saturated heterocycles. The molecule has 4 rings (SSSR count). The number of aromatic nitrogens is 2. The normalized spacial score (nSPS) is 11.8. The van der Waals surface area contributed by atoms with Crippen molar-refractivity contribution in [2.24, 2.45) is 0 Å². The van der Waals surface area contributed by atoms with Crippen LogP contribution in [0.2, 0.25) is 0 Å². The fourth-order valence-corrected chi connectivity index (χ4v) is 5.60. The Morgan fingerprint density at radius 3 is 2.06 bits per heavy atom. The maximum Gasteiger partial charge on any atom is 0.251 e. The predicted molar refractivity (Wildman–Crippen MR) is 202 cm³/mol. The van der Waals surface area contributed by atoms with Crippen molar-refractivity contribution in [3.05, 3.63) is 102 Å². The van der Waals surface area contributed by atoms with Crippen molar-refractivity contribution in [3.8, 4) is 28.3 Å². The van der Waals surface area contributed by atoms with Crippen LogP contribution in [0.3, 0.4) is 0 Å². The van der Waals surface area contributed by atoms with Crippen LogP contribution in [-0.2, 0) is 21.4 Å². The van der Waals surface area contributed by atoms with Crippen molar-refractivity contribution < 1.29 is 19.1 Å². The molecule has 0 unspecified atom stereocenters. The Kier molecular flexibility index (Phi) is 14.4. The van der Waals surface area contributed by atoms with Gasteiger partial charge in [-0.05, 0) is 52.8 Å². The molecule has 10 heteroatoms. The highest BCUT2D eigenvalue weighted by Gasteiger charge is 2.23. The van der Waals surface area contributed by atoms with Gasteiger partial charge in [0, 0.05) is 41.8 Å². The Balaban J connectivity index is 1.39. The van der Waals surface area contributed by atoms with E-state index in [4.69, 9.17) is 4.74 Å². The summed E-state index contributed by atoms with van der Waals surface area (Å²) in [4.78, 5) is 47.6. The Labute approximate surface area is 300 Å². The maximum absolute atomic E-state index is 13.2. The molecule has 9 nitrogen and oxygen atoms in total. The van der Waals surface area contributed by atoms with Gasteiger partial charge in [-0.1, -0.05) is 114 Å². The predicted octanol–water partition coefficient (Wildman–Crippen LogP) is 7.31. The van der Waals surface area contributed by atoms with Crippen LogP contribution in [0, 0.1) is 0 Å². The zero-order valence-electron chi connectivity index (χ0n) is 29.8. The highest BCUT2D eigenvalue weighted by molar-refractivity contribution is 7.97. The summed E-state index contributed by atoms with van der Waals surface area (Å²) in [5, 5.41) is 5.51. The molecule has 0 bridgehead atoms. The van der Waals surface area contributed by atoms with Crippen LogP contribution >= 0.6 is 11.9 Å². The Hall–Kier alpha value is -4.70. The number of nitrogens with zero attached hydrogens (tertiary/aromatic N) is 2. The van der Waals surface area contributed by atoms with Gasteiger partial charge in [-0.15, -0.1) is 0 Å². The lowest BCUT2D eigenvalue weighted by atomic mass is 9.86. The van der Waals surface area contributed by atoms with E-state index in [2.05, 4.69) is 53.0 Å². The number of benzene rings is 3. The largest absolute Gasteiger partial charge is 0.494 e. The lowest BCUT2D eigenvalue weighted by molar-refractivity contribution is -0.126. The Bertz CT molecular complexity index is 1670. The number of carbonyl (C=O) groups is 3. The van der Waals surface area contributed by atoms with E-state index in [0.717, 1.165) is 58.5 Å².